The van der Waals surface area contributed by atoms with Crippen molar-refractivity contribution in [2.24, 2.45) is 0 Å². The molecule has 0 bridgehead atoms. The smallest absolute Gasteiger partial charge is 0.243 e. The van der Waals surface area contributed by atoms with Crippen LogP contribution in [0.25, 0.3) is 0 Å². The standard InChI is InChI=1S/C16H23N3O3/c20-15(7-4-8-16(21)18-22)17-14-9-10-19(12-14)11-13-5-2-1-3-6-13/h1-3,5-6,14,22H,4,7-12H2,(H,17,20)(H,18,21)/t14-/m1/s1. The van der Waals surface area contributed by atoms with Crippen LogP contribution in [0.4, 0.5) is 0 Å². The van der Waals surface area contributed by atoms with Crippen molar-refractivity contribution < 1.29 is 14.8 Å². The molecule has 6 heteroatoms. The van der Waals surface area contributed by atoms with Crippen LogP contribution in [0.1, 0.15) is 31.2 Å². The van der Waals surface area contributed by atoms with Crippen molar-refractivity contribution in [1.82, 2.24) is 15.7 Å². The largest absolute Gasteiger partial charge is 0.352 e. The molecule has 0 radical (unpaired) electrons. The van der Waals surface area contributed by atoms with Crippen LogP contribution in [-0.4, -0.2) is 41.1 Å². The Morgan fingerprint density at radius 1 is 1.18 bits per heavy atom. The Balaban J connectivity index is 1.65. The molecule has 0 spiro atoms. The van der Waals surface area contributed by atoms with Crippen molar-refractivity contribution in [1.29, 1.82) is 0 Å². The number of amides is 2. The summed E-state index contributed by atoms with van der Waals surface area (Å²) in [5.41, 5.74) is 2.85. The highest BCUT2D eigenvalue weighted by molar-refractivity contribution is 5.78. The van der Waals surface area contributed by atoms with Gasteiger partial charge in [0.25, 0.3) is 0 Å². The molecule has 0 aliphatic carbocycles. The summed E-state index contributed by atoms with van der Waals surface area (Å²) in [5.74, 6) is -0.486. The molecule has 1 aliphatic heterocycles. The van der Waals surface area contributed by atoms with Gasteiger partial charge < -0.3 is 5.32 Å². The SMILES string of the molecule is O=C(CCCC(=O)N[C@@H]1CCN(Cc2ccccc2)C1)NO. The van der Waals surface area contributed by atoms with E-state index in [0.717, 1.165) is 26.1 Å². The van der Waals surface area contributed by atoms with E-state index in [1.165, 1.54) is 5.56 Å². The van der Waals surface area contributed by atoms with E-state index in [4.69, 9.17) is 5.21 Å². The predicted molar refractivity (Wildman–Crippen MR) is 82.0 cm³/mol. The maximum atomic E-state index is 11.8. The van der Waals surface area contributed by atoms with Gasteiger partial charge >= 0.3 is 0 Å². The number of benzene rings is 1. The Hall–Kier alpha value is -1.92. The first-order valence-corrected chi connectivity index (χ1v) is 7.66. The van der Waals surface area contributed by atoms with Gasteiger partial charge in [0.15, 0.2) is 0 Å². The van der Waals surface area contributed by atoms with Gasteiger partial charge in [0, 0.05) is 38.5 Å². The summed E-state index contributed by atoms with van der Waals surface area (Å²) < 4.78 is 0. The van der Waals surface area contributed by atoms with Gasteiger partial charge in [-0.3, -0.25) is 19.7 Å². The Kier molecular flexibility index (Phi) is 6.36. The molecule has 6 nitrogen and oxygen atoms in total. The summed E-state index contributed by atoms with van der Waals surface area (Å²) in [6.45, 7) is 2.74. The highest BCUT2D eigenvalue weighted by Crippen LogP contribution is 2.13. The minimum absolute atomic E-state index is 0.0303. The summed E-state index contributed by atoms with van der Waals surface area (Å²) in [7, 11) is 0. The van der Waals surface area contributed by atoms with Crippen molar-refractivity contribution in [2.75, 3.05) is 13.1 Å². The first-order chi connectivity index (χ1) is 10.7. The zero-order valence-electron chi connectivity index (χ0n) is 12.6. The van der Waals surface area contributed by atoms with Gasteiger partial charge in [-0.15, -0.1) is 0 Å². The molecule has 22 heavy (non-hydrogen) atoms. The molecule has 2 amide bonds. The number of hydrogen-bond acceptors (Lipinski definition) is 4. The molecule has 1 aromatic carbocycles. The lowest BCUT2D eigenvalue weighted by Gasteiger charge is -2.16. The van der Waals surface area contributed by atoms with Crippen LogP contribution >= 0.6 is 0 Å². The molecule has 3 N–H and O–H groups in total. The molecular formula is C16H23N3O3. The molecule has 1 heterocycles. The van der Waals surface area contributed by atoms with Crippen LogP contribution in [0.5, 0.6) is 0 Å². The van der Waals surface area contributed by atoms with Gasteiger partial charge in [0.1, 0.15) is 0 Å². The molecule has 1 aromatic rings. The molecule has 1 aliphatic rings. The second-order valence-corrected chi connectivity index (χ2v) is 5.66. The van der Waals surface area contributed by atoms with Gasteiger partial charge in [0.2, 0.25) is 11.8 Å². The van der Waals surface area contributed by atoms with Crippen molar-refractivity contribution in [3.8, 4) is 0 Å². The van der Waals surface area contributed by atoms with Crippen LogP contribution in [0.2, 0.25) is 0 Å². The molecule has 1 saturated heterocycles. The van der Waals surface area contributed by atoms with Crippen LogP contribution in [0.15, 0.2) is 30.3 Å². The lowest BCUT2D eigenvalue weighted by atomic mass is 10.2. The van der Waals surface area contributed by atoms with Crippen LogP contribution in [0.3, 0.4) is 0 Å². The van der Waals surface area contributed by atoms with E-state index in [1.54, 1.807) is 5.48 Å². The molecule has 2 rings (SSSR count). The summed E-state index contributed by atoms with van der Waals surface area (Å²) >= 11 is 0. The average Bonchev–Trinajstić information content (AvgIpc) is 2.95. The normalized spacial score (nSPS) is 18.1. The van der Waals surface area contributed by atoms with Gasteiger partial charge in [-0.05, 0) is 18.4 Å². The number of nitrogens with one attached hydrogen (secondary N) is 2. The Labute approximate surface area is 130 Å². The molecule has 0 unspecified atom stereocenters. The lowest BCUT2D eigenvalue weighted by Crippen LogP contribution is -2.37. The maximum Gasteiger partial charge on any atom is 0.243 e. The van der Waals surface area contributed by atoms with Crippen molar-refractivity contribution in [2.45, 2.75) is 38.3 Å². The van der Waals surface area contributed by atoms with Gasteiger partial charge in [-0.1, -0.05) is 30.3 Å². The van der Waals surface area contributed by atoms with E-state index in [0.29, 0.717) is 12.8 Å². The number of likely N-dealkylation sites (tertiary alicyclic amines) is 1. The maximum absolute atomic E-state index is 11.8. The summed E-state index contributed by atoms with van der Waals surface area (Å²) in [6, 6.07) is 10.5. The van der Waals surface area contributed by atoms with E-state index >= 15 is 0 Å². The molecule has 0 aromatic heterocycles. The number of hydrogen-bond donors (Lipinski definition) is 3. The van der Waals surface area contributed by atoms with E-state index in [2.05, 4.69) is 22.3 Å². The third kappa shape index (κ3) is 5.46. The molecular weight excluding hydrogens is 282 g/mol. The number of carbonyl (C=O) groups is 2. The van der Waals surface area contributed by atoms with Crippen molar-refractivity contribution in [3.05, 3.63) is 35.9 Å². The van der Waals surface area contributed by atoms with Crippen LogP contribution in [0, 0.1) is 0 Å². The summed E-state index contributed by atoms with van der Waals surface area (Å²) in [4.78, 5) is 25.0. The lowest BCUT2D eigenvalue weighted by molar-refractivity contribution is -0.129. The molecule has 120 valence electrons. The fourth-order valence-electron chi connectivity index (χ4n) is 2.70. The molecule has 0 saturated carbocycles. The topological polar surface area (TPSA) is 81.7 Å². The average molecular weight is 305 g/mol. The van der Waals surface area contributed by atoms with Gasteiger partial charge in [-0.25, -0.2) is 5.48 Å². The monoisotopic (exact) mass is 305 g/mol. The van der Waals surface area contributed by atoms with E-state index < -0.39 is 5.91 Å². The van der Waals surface area contributed by atoms with Gasteiger partial charge in [0.05, 0.1) is 0 Å². The van der Waals surface area contributed by atoms with Gasteiger partial charge in [-0.2, -0.15) is 0 Å². The minimum Gasteiger partial charge on any atom is -0.352 e. The van der Waals surface area contributed by atoms with E-state index in [1.807, 2.05) is 18.2 Å². The van der Waals surface area contributed by atoms with Crippen molar-refractivity contribution in [3.63, 3.8) is 0 Å². The van der Waals surface area contributed by atoms with E-state index in [-0.39, 0.29) is 18.4 Å². The number of nitrogens with zero attached hydrogens (tertiary/aromatic N) is 1. The number of rotatable bonds is 7. The molecule has 1 fully saturated rings. The summed E-state index contributed by atoms with van der Waals surface area (Å²) in [5, 5.41) is 11.4. The Bertz CT molecular complexity index is 493. The minimum atomic E-state index is -0.456. The number of carbonyl (C=O) groups excluding carboxylic acids is 2. The third-order valence-corrected chi connectivity index (χ3v) is 3.82. The fraction of sp³-hybridized carbons (Fsp3) is 0.500. The molecule has 1 atom stereocenters. The zero-order chi connectivity index (χ0) is 15.8. The fourth-order valence-corrected chi connectivity index (χ4v) is 2.70. The predicted octanol–water partition coefficient (Wildman–Crippen LogP) is 1.05. The number of hydroxylamine groups is 1. The second-order valence-electron chi connectivity index (χ2n) is 5.66. The van der Waals surface area contributed by atoms with E-state index in [9.17, 15) is 9.59 Å². The second kappa shape index (κ2) is 8.51. The Morgan fingerprint density at radius 3 is 2.64 bits per heavy atom. The quantitative estimate of drug-likeness (QED) is 0.519. The summed E-state index contributed by atoms with van der Waals surface area (Å²) in [6.07, 6.45) is 1.87. The first-order valence-electron chi connectivity index (χ1n) is 7.66. The van der Waals surface area contributed by atoms with Crippen LogP contribution < -0.4 is 10.8 Å². The highest BCUT2D eigenvalue weighted by atomic mass is 16.5. The Morgan fingerprint density at radius 2 is 1.91 bits per heavy atom. The third-order valence-electron chi connectivity index (χ3n) is 3.82. The highest BCUT2D eigenvalue weighted by Gasteiger charge is 2.23. The van der Waals surface area contributed by atoms with Crippen molar-refractivity contribution >= 4 is 11.8 Å². The zero-order valence-corrected chi connectivity index (χ0v) is 12.6. The first kappa shape index (κ1) is 16.5. The van der Waals surface area contributed by atoms with Crippen LogP contribution in [-0.2, 0) is 16.1 Å².